The van der Waals surface area contributed by atoms with E-state index in [2.05, 4.69) is 41.9 Å². The molecule has 0 spiro atoms. The van der Waals surface area contributed by atoms with E-state index in [0.717, 1.165) is 41.2 Å². The summed E-state index contributed by atoms with van der Waals surface area (Å²) in [6.07, 6.45) is 2.51. The van der Waals surface area contributed by atoms with E-state index in [0.29, 0.717) is 17.5 Å². The lowest BCUT2D eigenvalue weighted by Gasteiger charge is -2.15. The van der Waals surface area contributed by atoms with Gasteiger partial charge in [-0.2, -0.15) is 4.98 Å². The zero-order valence-corrected chi connectivity index (χ0v) is 17.4. The van der Waals surface area contributed by atoms with Crippen LogP contribution in [0.25, 0.3) is 16.4 Å². The van der Waals surface area contributed by atoms with Gasteiger partial charge in [0.15, 0.2) is 11.0 Å². The van der Waals surface area contributed by atoms with Crippen LogP contribution in [0.1, 0.15) is 24.6 Å². The maximum Gasteiger partial charge on any atom is 0.237 e. The summed E-state index contributed by atoms with van der Waals surface area (Å²) < 4.78 is 7.57. The van der Waals surface area contributed by atoms with Gasteiger partial charge in [-0.3, -0.25) is 9.47 Å². The maximum absolute atomic E-state index is 5.43. The molecule has 9 heteroatoms. The summed E-state index contributed by atoms with van der Waals surface area (Å²) in [5.41, 5.74) is 1.07. The van der Waals surface area contributed by atoms with E-state index in [1.807, 2.05) is 35.7 Å². The molecule has 0 unspecified atom stereocenters. The third kappa shape index (κ3) is 4.12. The van der Waals surface area contributed by atoms with Crippen LogP contribution < -0.4 is 0 Å². The summed E-state index contributed by atoms with van der Waals surface area (Å²) >= 11 is 3.16. The minimum atomic E-state index is 0.549. The first-order chi connectivity index (χ1) is 14.4. The highest BCUT2D eigenvalue weighted by Gasteiger charge is 2.20. The van der Waals surface area contributed by atoms with Crippen LogP contribution in [-0.2, 0) is 12.3 Å². The summed E-state index contributed by atoms with van der Waals surface area (Å²) in [5, 5.41) is 15.9. The average Bonchev–Trinajstić information content (AvgIpc) is 3.54. The first-order valence-electron chi connectivity index (χ1n) is 9.58. The fourth-order valence-electron chi connectivity index (χ4n) is 3.42. The van der Waals surface area contributed by atoms with Crippen molar-refractivity contribution in [3.05, 3.63) is 59.6 Å². The zero-order valence-electron chi connectivity index (χ0n) is 15.8. The van der Waals surface area contributed by atoms with E-state index in [-0.39, 0.29) is 0 Å². The quantitative estimate of drug-likeness (QED) is 0.410. The predicted molar refractivity (Wildman–Crippen MR) is 113 cm³/mol. The van der Waals surface area contributed by atoms with Crippen molar-refractivity contribution < 1.29 is 4.52 Å². The van der Waals surface area contributed by atoms with Gasteiger partial charge in [0.1, 0.15) is 0 Å². The molecule has 0 aliphatic carbocycles. The van der Waals surface area contributed by atoms with Crippen LogP contribution in [0, 0.1) is 0 Å². The first kappa shape index (κ1) is 18.5. The zero-order chi connectivity index (χ0) is 19.5. The number of para-hydroxylation sites is 1. The molecular weight excluding hydrogens is 404 g/mol. The lowest BCUT2D eigenvalue weighted by atomic mass is 10.3. The number of aromatic nitrogens is 5. The molecule has 0 radical (unpaired) electrons. The Balaban J connectivity index is 1.37. The molecule has 5 rings (SSSR count). The van der Waals surface area contributed by atoms with E-state index in [4.69, 9.17) is 4.52 Å². The van der Waals surface area contributed by atoms with Crippen LogP contribution in [-0.4, -0.2) is 42.9 Å². The molecule has 7 nitrogen and oxygen atoms in total. The van der Waals surface area contributed by atoms with Crippen molar-refractivity contribution in [1.82, 2.24) is 29.8 Å². The predicted octanol–water partition coefficient (Wildman–Crippen LogP) is 4.27. The van der Waals surface area contributed by atoms with E-state index >= 15 is 0 Å². The second-order valence-corrected chi connectivity index (χ2v) is 8.72. The van der Waals surface area contributed by atoms with E-state index in [1.54, 1.807) is 23.1 Å². The van der Waals surface area contributed by atoms with Crippen molar-refractivity contribution in [3.8, 4) is 16.4 Å². The summed E-state index contributed by atoms with van der Waals surface area (Å²) in [6.45, 7) is 3.06. The Labute approximate surface area is 176 Å². The van der Waals surface area contributed by atoms with Crippen molar-refractivity contribution in [3.63, 3.8) is 0 Å². The highest BCUT2D eigenvalue weighted by atomic mass is 32.2. The summed E-state index contributed by atoms with van der Waals surface area (Å²) in [4.78, 5) is 7.95. The molecule has 1 aromatic carbocycles. The van der Waals surface area contributed by atoms with Crippen LogP contribution in [0.2, 0.25) is 0 Å². The molecule has 4 heterocycles. The van der Waals surface area contributed by atoms with Crippen LogP contribution in [0.15, 0.2) is 57.5 Å². The van der Waals surface area contributed by atoms with E-state index in [9.17, 15) is 0 Å². The number of hydrogen-bond acceptors (Lipinski definition) is 8. The summed E-state index contributed by atoms with van der Waals surface area (Å²) in [5.74, 6) is 2.73. The van der Waals surface area contributed by atoms with Gasteiger partial charge >= 0.3 is 0 Å². The van der Waals surface area contributed by atoms with Crippen LogP contribution in [0.3, 0.4) is 0 Å². The average molecular weight is 425 g/mol. The van der Waals surface area contributed by atoms with Crippen molar-refractivity contribution in [2.24, 2.45) is 0 Å². The highest BCUT2D eigenvalue weighted by Crippen LogP contribution is 2.27. The van der Waals surface area contributed by atoms with Gasteiger partial charge in [0.05, 0.1) is 17.2 Å². The van der Waals surface area contributed by atoms with E-state index < -0.39 is 0 Å². The van der Waals surface area contributed by atoms with Crippen molar-refractivity contribution in [1.29, 1.82) is 0 Å². The summed E-state index contributed by atoms with van der Waals surface area (Å²) in [6, 6.07) is 14.2. The molecule has 0 amide bonds. The molecule has 4 aromatic rings. The molecular formula is C20H20N6OS2. The maximum atomic E-state index is 5.43. The molecule has 1 aliphatic rings. The van der Waals surface area contributed by atoms with Crippen molar-refractivity contribution in [2.45, 2.75) is 30.3 Å². The molecule has 0 atom stereocenters. The Morgan fingerprint density at radius 3 is 2.69 bits per heavy atom. The fraction of sp³-hybridized carbons (Fsp3) is 0.300. The van der Waals surface area contributed by atoms with Crippen LogP contribution in [0.5, 0.6) is 0 Å². The molecule has 3 aromatic heterocycles. The van der Waals surface area contributed by atoms with Gasteiger partial charge in [0, 0.05) is 5.69 Å². The SMILES string of the molecule is c1ccc(-n2c(CN3CCCC3)nnc2SCc2nc(-c3cccs3)no2)cc1. The van der Waals surface area contributed by atoms with Crippen LogP contribution in [0.4, 0.5) is 0 Å². The number of likely N-dealkylation sites (tertiary alicyclic amines) is 1. The normalized spacial score (nSPS) is 14.6. The second kappa shape index (κ2) is 8.48. The molecule has 148 valence electrons. The third-order valence-corrected chi connectivity index (χ3v) is 6.59. The number of benzene rings is 1. The van der Waals surface area contributed by atoms with Gasteiger partial charge in [0.25, 0.3) is 0 Å². The van der Waals surface area contributed by atoms with Crippen LogP contribution >= 0.6 is 23.1 Å². The topological polar surface area (TPSA) is 72.9 Å². The van der Waals surface area contributed by atoms with Gasteiger partial charge in [-0.25, -0.2) is 0 Å². The van der Waals surface area contributed by atoms with Gasteiger partial charge in [-0.15, -0.1) is 21.5 Å². The Morgan fingerprint density at radius 2 is 1.90 bits per heavy atom. The third-order valence-electron chi connectivity index (χ3n) is 4.81. The molecule has 0 N–H and O–H groups in total. The standard InChI is InChI=1S/C20H20N6OS2/c1-2-7-15(8-3-1)26-17(13-25-10-4-5-11-25)22-23-20(26)29-14-18-21-19(24-27-18)16-9-6-12-28-16/h1-3,6-9,12H,4-5,10-11,13-14H2. The Hall–Kier alpha value is -2.49. The lowest BCUT2D eigenvalue weighted by molar-refractivity contribution is 0.319. The molecule has 29 heavy (non-hydrogen) atoms. The number of rotatable bonds is 7. The summed E-state index contributed by atoms with van der Waals surface area (Å²) in [7, 11) is 0. The fourth-order valence-corrected chi connectivity index (χ4v) is 4.88. The van der Waals surface area contributed by atoms with Crippen molar-refractivity contribution in [2.75, 3.05) is 13.1 Å². The second-order valence-electron chi connectivity index (χ2n) is 6.83. The highest BCUT2D eigenvalue weighted by molar-refractivity contribution is 7.98. The minimum Gasteiger partial charge on any atom is -0.338 e. The number of thioether (sulfide) groups is 1. The van der Waals surface area contributed by atoms with E-state index in [1.165, 1.54) is 12.8 Å². The number of nitrogens with zero attached hydrogens (tertiary/aromatic N) is 6. The van der Waals surface area contributed by atoms with Crippen molar-refractivity contribution >= 4 is 23.1 Å². The Bertz CT molecular complexity index is 1050. The molecule has 1 aliphatic heterocycles. The Kier molecular flexibility index (Phi) is 5.42. The molecule has 1 fully saturated rings. The smallest absolute Gasteiger partial charge is 0.237 e. The monoisotopic (exact) mass is 424 g/mol. The lowest BCUT2D eigenvalue weighted by Crippen LogP contribution is -2.21. The number of hydrogen-bond donors (Lipinski definition) is 0. The first-order valence-corrected chi connectivity index (χ1v) is 11.4. The Morgan fingerprint density at radius 1 is 1.03 bits per heavy atom. The van der Waals surface area contributed by atoms with Gasteiger partial charge in [-0.05, 0) is 49.5 Å². The largest absolute Gasteiger partial charge is 0.338 e. The molecule has 0 bridgehead atoms. The van der Waals surface area contributed by atoms with Gasteiger partial charge in [0.2, 0.25) is 11.7 Å². The minimum absolute atomic E-state index is 0.549. The number of thiophene rings is 1. The van der Waals surface area contributed by atoms with Gasteiger partial charge < -0.3 is 4.52 Å². The molecule has 0 saturated carbocycles. The molecule has 1 saturated heterocycles. The van der Waals surface area contributed by atoms with Gasteiger partial charge in [-0.1, -0.05) is 41.2 Å².